The lowest BCUT2D eigenvalue weighted by Crippen LogP contribution is -2.41. The van der Waals surface area contributed by atoms with Gasteiger partial charge in [-0.2, -0.15) is 0 Å². The molecule has 1 amide bonds. The third-order valence-corrected chi connectivity index (χ3v) is 5.84. The van der Waals surface area contributed by atoms with Crippen molar-refractivity contribution in [1.29, 1.82) is 0 Å². The Balaban J connectivity index is 2.25. The predicted molar refractivity (Wildman–Crippen MR) is 108 cm³/mol. The average Bonchev–Trinajstić information content (AvgIpc) is 2.61. The molecule has 0 aliphatic carbocycles. The number of halogens is 2. The highest BCUT2D eigenvalue weighted by Crippen LogP contribution is 2.33. The summed E-state index contributed by atoms with van der Waals surface area (Å²) in [7, 11) is -0.613. The molecule has 2 aromatic rings. The SMILES string of the molecule is COc1ccccc1CN(C)C(=O)CN(c1cccc(Cl)c1Cl)S(C)(=O)=O. The fourth-order valence-electron chi connectivity index (χ4n) is 2.49. The van der Waals surface area contributed by atoms with Crippen LogP contribution in [-0.2, 0) is 21.4 Å². The van der Waals surface area contributed by atoms with Gasteiger partial charge in [-0.3, -0.25) is 9.10 Å². The van der Waals surface area contributed by atoms with Gasteiger partial charge in [-0.1, -0.05) is 47.5 Å². The Bertz CT molecular complexity index is 935. The molecule has 0 aromatic heterocycles. The van der Waals surface area contributed by atoms with E-state index in [0.717, 1.165) is 16.1 Å². The standard InChI is InChI=1S/C18H20Cl2N2O4S/c1-21(11-13-7-4-5-10-16(13)26-2)17(23)12-22(27(3,24)25)15-9-6-8-14(19)18(15)20/h4-10H,11-12H2,1-3H3. The number of carbonyl (C=O) groups is 1. The molecule has 0 heterocycles. The van der Waals surface area contributed by atoms with E-state index in [9.17, 15) is 13.2 Å². The molecule has 0 N–H and O–H groups in total. The van der Waals surface area contributed by atoms with Crippen molar-refractivity contribution in [3.05, 3.63) is 58.1 Å². The van der Waals surface area contributed by atoms with Crippen LogP contribution in [0, 0.1) is 0 Å². The minimum atomic E-state index is -3.75. The number of methoxy groups -OCH3 is 1. The van der Waals surface area contributed by atoms with Gasteiger partial charge in [0, 0.05) is 19.2 Å². The molecule has 0 saturated carbocycles. The first-order valence-electron chi connectivity index (χ1n) is 7.92. The van der Waals surface area contributed by atoms with Crippen molar-refractivity contribution >= 4 is 44.8 Å². The number of para-hydroxylation sites is 1. The van der Waals surface area contributed by atoms with Crippen molar-refractivity contribution in [2.45, 2.75) is 6.54 Å². The highest BCUT2D eigenvalue weighted by molar-refractivity contribution is 7.92. The molecule has 0 spiro atoms. The summed E-state index contributed by atoms with van der Waals surface area (Å²) in [5.41, 5.74) is 0.966. The van der Waals surface area contributed by atoms with Crippen molar-refractivity contribution in [2.75, 3.05) is 31.3 Å². The Hall–Kier alpha value is -1.96. The normalized spacial score (nSPS) is 11.1. The van der Waals surface area contributed by atoms with E-state index in [0.29, 0.717) is 5.75 Å². The lowest BCUT2D eigenvalue weighted by molar-refractivity contribution is -0.128. The summed E-state index contributed by atoms with van der Waals surface area (Å²) >= 11 is 12.1. The van der Waals surface area contributed by atoms with E-state index in [1.807, 2.05) is 18.2 Å². The van der Waals surface area contributed by atoms with Crippen LogP contribution < -0.4 is 9.04 Å². The zero-order chi connectivity index (χ0) is 20.2. The molecule has 9 heteroatoms. The zero-order valence-corrected chi connectivity index (χ0v) is 17.5. The lowest BCUT2D eigenvalue weighted by Gasteiger charge is -2.26. The number of likely N-dealkylation sites (N-methyl/N-ethyl adjacent to an activating group) is 1. The van der Waals surface area contributed by atoms with Crippen LogP contribution in [0.2, 0.25) is 10.0 Å². The third-order valence-electron chi connectivity index (χ3n) is 3.90. The maximum absolute atomic E-state index is 12.7. The van der Waals surface area contributed by atoms with Crippen LogP contribution in [0.1, 0.15) is 5.56 Å². The van der Waals surface area contributed by atoms with E-state index in [2.05, 4.69) is 0 Å². The molecule has 0 aliphatic heterocycles. The minimum absolute atomic E-state index is 0.0739. The Morgan fingerprint density at radius 3 is 2.41 bits per heavy atom. The first kappa shape index (κ1) is 21.3. The van der Waals surface area contributed by atoms with Gasteiger partial charge in [0.2, 0.25) is 15.9 Å². The summed E-state index contributed by atoms with van der Waals surface area (Å²) in [6.45, 7) is -0.131. The van der Waals surface area contributed by atoms with Gasteiger partial charge in [0.05, 0.1) is 29.1 Å². The van der Waals surface area contributed by atoms with Crippen LogP contribution in [0.3, 0.4) is 0 Å². The number of sulfonamides is 1. The van der Waals surface area contributed by atoms with Crippen molar-refractivity contribution < 1.29 is 17.9 Å². The number of anilines is 1. The quantitative estimate of drug-likeness (QED) is 0.674. The molecule has 0 atom stereocenters. The highest BCUT2D eigenvalue weighted by atomic mass is 35.5. The van der Waals surface area contributed by atoms with Gasteiger partial charge in [0.1, 0.15) is 12.3 Å². The van der Waals surface area contributed by atoms with Crippen molar-refractivity contribution in [3.63, 3.8) is 0 Å². The molecule has 0 unspecified atom stereocenters. The van der Waals surface area contributed by atoms with Crippen molar-refractivity contribution in [1.82, 2.24) is 4.90 Å². The molecule has 0 bridgehead atoms. The van der Waals surface area contributed by atoms with Gasteiger partial charge in [-0.15, -0.1) is 0 Å². The molecule has 0 aliphatic rings. The highest BCUT2D eigenvalue weighted by Gasteiger charge is 2.25. The second-order valence-electron chi connectivity index (χ2n) is 5.90. The van der Waals surface area contributed by atoms with Gasteiger partial charge < -0.3 is 9.64 Å². The van der Waals surface area contributed by atoms with Gasteiger partial charge >= 0.3 is 0 Å². The van der Waals surface area contributed by atoms with Gasteiger partial charge in [-0.25, -0.2) is 8.42 Å². The summed E-state index contributed by atoms with van der Waals surface area (Å²) < 4.78 is 30.7. The summed E-state index contributed by atoms with van der Waals surface area (Å²) in [5.74, 6) is 0.248. The maximum atomic E-state index is 12.7. The van der Waals surface area contributed by atoms with E-state index in [1.54, 1.807) is 32.4 Å². The molecule has 0 fully saturated rings. The molecule has 0 saturated heterocycles. The Labute approximate surface area is 169 Å². The number of rotatable bonds is 7. The average molecular weight is 431 g/mol. The van der Waals surface area contributed by atoms with Crippen molar-refractivity contribution in [3.8, 4) is 5.75 Å². The maximum Gasteiger partial charge on any atom is 0.243 e. The number of ether oxygens (including phenoxy) is 1. The summed E-state index contributed by atoms with van der Waals surface area (Å²) in [4.78, 5) is 14.1. The summed E-state index contributed by atoms with van der Waals surface area (Å²) in [5, 5.41) is 0.280. The molecule has 146 valence electrons. The van der Waals surface area contributed by atoms with Gasteiger partial charge in [-0.05, 0) is 18.2 Å². The molecule has 2 aromatic carbocycles. The number of amides is 1. The summed E-state index contributed by atoms with van der Waals surface area (Å²) in [6, 6.07) is 11.9. The first-order valence-corrected chi connectivity index (χ1v) is 10.5. The van der Waals surface area contributed by atoms with E-state index < -0.39 is 22.5 Å². The molecule has 27 heavy (non-hydrogen) atoms. The number of carbonyl (C=O) groups excluding carboxylic acids is 1. The van der Waals surface area contributed by atoms with E-state index in [1.165, 1.54) is 11.0 Å². The summed E-state index contributed by atoms with van der Waals surface area (Å²) in [6.07, 6.45) is 1.01. The number of hydrogen-bond donors (Lipinski definition) is 0. The number of benzene rings is 2. The van der Waals surface area contributed by atoms with E-state index in [-0.39, 0.29) is 22.3 Å². The van der Waals surface area contributed by atoms with E-state index >= 15 is 0 Å². The topological polar surface area (TPSA) is 66.9 Å². The Kier molecular flexibility index (Phi) is 6.97. The molecule has 6 nitrogen and oxygen atoms in total. The Morgan fingerprint density at radius 2 is 1.78 bits per heavy atom. The largest absolute Gasteiger partial charge is 0.496 e. The van der Waals surface area contributed by atoms with Gasteiger partial charge in [0.15, 0.2) is 0 Å². The van der Waals surface area contributed by atoms with Crippen LogP contribution >= 0.6 is 23.2 Å². The van der Waals surface area contributed by atoms with Crippen LogP contribution in [-0.4, -0.2) is 46.2 Å². The molecule has 2 rings (SSSR count). The van der Waals surface area contributed by atoms with E-state index in [4.69, 9.17) is 27.9 Å². The minimum Gasteiger partial charge on any atom is -0.496 e. The van der Waals surface area contributed by atoms with Crippen LogP contribution in [0.4, 0.5) is 5.69 Å². The van der Waals surface area contributed by atoms with Gasteiger partial charge in [0.25, 0.3) is 0 Å². The van der Waals surface area contributed by atoms with Crippen molar-refractivity contribution in [2.24, 2.45) is 0 Å². The fraction of sp³-hybridized carbons (Fsp3) is 0.278. The lowest BCUT2D eigenvalue weighted by atomic mass is 10.2. The zero-order valence-electron chi connectivity index (χ0n) is 15.1. The smallest absolute Gasteiger partial charge is 0.243 e. The second kappa shape index (κ2) is 8.82. The van der Waals surface area contributed by atoms with Crippen LogP contribution in [0.25, 0.3) is 0 Å². The number of nitrogens with zero attached hydrogens (tertiary/aromatic N) is 2. The number of hydrogen-bond acceptors (Lipinski definition) is 4. The molecule has 0 radical (unpaired) electrons. The van der Waals surface area contributed by atoms with Crippen LogP contribution in [0.15, 0.2) is 42.5 Å². The molecular formula is C18H20Cl2N2O4S. The first-order chi connectivity index (χ1) is 12.6. The monoisotopic (exact) mass is 430 g/mol. The van der Waals surface area contributed by atoms with Crippen LogP contribution in [0.5, 0.6) is 5.75 Å². The third kappa shape index (κ3) is 5.28. The second-order valence-corrected chi connectivity index (χ2v) is 8.60. The fourth-order valence-corrected chi connectivity index (χ4v) is 3.79. The predicted octanol–water partition coefficient (Wildman–Crippen LogP) is 3.43. The Morgan fingerprint density at radius 1 is 1.11 bits per heavy atom. The molecular weight excluding hydrogens is 411 g/mol.